The molecule has 1 aromatic carbocycles. The van der Waals surface area contributed by atoms with Crippen LogP contribution < -0.4 is 4.74 Å². The van der Waals surface area contributed by atoms with Crippen molar-refractivity contribution in [3.63, 3.8) is 0 Å². The Hall–Kier alpha value is -3.14. The molecule has 11 heteroatoms. The van der Waals surface area contributed by atoms with Crippen LogP contribution >= 0.6 is 23.2 Å². The Balaban J connectivity index is 1.38. The zero-order chi connectivity index (χ0) is 24.0. The summed E-state index contributed by atoms with van der Waals surface area (Å²) < 4.78 is 6.15. The van der Waals surface area contributed by atoms with Crippen molar-refractivity contribution in [3.05, 3.63) is 57.6 Å². The molecule has 5 rings (SSSR count). The number of pyridine rings is 1. The fraction of sp³-hybridized carbons (Fsp3) is 0.304. The monoisotopic (exact) mass is 499 g/mol. The summed E-state index contributed by atoms with van der Waals surface area (Å²) in [4.78, 5) is 28.1. The van der Waals surface area contributed by atoms with Crippen molar-refractivity contribution in [2.45, 2.75) is 26.1 Å². The molecule has 0 bridgehead atoms. The average Bonchev–Trinajstić information content (AvgIpc) is 3.45. The minimum Gasteiger partial charge on any atom is -0.486 e. The van der Waals surface area contributed by atoms with Crippen LogP contribution in [-0.2, 0) is 17.9 Å². The molecule has 1 atom stereocenters. The second-order valence-corrected chi connectivity index (χ2v) is 9.37. The number of nitrogens with zero attached hydrogens (tertiary/aromatic N) is 5. The van der Waals surface area contributed by atoms with Gasteiger partial charge in [0.05, 0.1) is 46.6 Å². The van der Waals surface area contributed by atoms with Crippen LogP contribution in [0.3, 0.4) is 0 Å². The number of carbonyl (C=O) groups is 1. The van der Waals surface area contributed by atoms with E-state index in [2.05, 4.69) is 20.2 Å². The molecule has 0 saturated carbocycles. The Labute approximate surface area is 206 Å². The van der Waals surface area contributed by atoms with E-state index in [9.17, 15) is 4.79 Å². The smallest absolute Gasteiger partial charge is 0.237 e. The molecule has 0 saturated heterocycles. The van der Waals surface area contributed by atoms with Crippen molar-refractivity contribution in [2.24, 2.45) is 0 Å². The Bertz CT molecular complexity index is 1340. The summed E-state index contributed by atoms with van der Waals surface area (Å²) in [6, 6.07) is 5.68. The van der Waals surface area contributed by atoms with E-state index in [1.54, 1.807) is 17.3 Å². The molecule has 1 aliphatic rings. The minimum atomic E-state index is -0.381. The van der Waals surface area contributed by atoms with Crippen molar-refractivity contribution in [2.75, 3.05) is 20.6 Å². The second-order valence-electron chi connectivity index (χ2n) is 8.55. The number of benzene rings is 1. The lowest BCUT2D eigenvalue weighted by Crippen LogP contribution is -2.34. The lowest BCUT2D eigenvalue weighted by atomic mass is 10.1. The van der Waals surface area contributed by atoms with Crippen molar-refractivity contribution in [1.29, 1.82) is 0 Å². The summed E-state index contributed by atoms with van der Waals surface area (Å²) in [5.41, 5.74) is 4.02. The molecule has 0 radical (unpaired) electrons. The first-order valence-corrected chi connectivity index (χ1v) is 11.5. The van der Waals surface area contributed by atoms with E-state index < -0.39 is 0 Å². The maximum Gasteiger partial charge on any atom is 0.237 e. The van der Waals surface area contributed by atoms with Crippen LogP contribution in [-0.4, -0.2) is 61.5 Å². The molecule has 1 unspecified atom stereocenters. The van der Waals surface area contributed by atoms with Gasteiger partial charge in [-0.1, -0.05) is 23.2 Å². The maximum absolute atomic E-state index is 12.4. The first-order valence-electron chi connectivity index (χ1n) is 10.7. The van der Waals surface area contributed by atoms with Gasteiger partial charge in [0.25, 0.3) is 0 Å². The van der Waals surface area contributed by atoms with Crippen molar-refractivity contribution >= 4 is 40.0 Å². The molecule has 34 heavy (non-hydrogen) atoms. The number of aromatic nitrogens is 5. The predicted octanol–water partition coefficient (Wildman–Crippen LogP) is 4.20. The van der Waals surface area contributed by atoms with E-state index in [4.69, 9.17) is 32.9 Å². The number of amides is 1. The number of ether oxygens (including phenoxy) is 1. The van der Waals surface area contributed by atoms with E-state index in [0.717, 1.165) is 22.3 Å². The van der Waals surface area contributed by atoms with Crippen LogP contribution in [0.15, 0.2) is 30.6 Å². The lowest BCUT2D eigenvalue weighted by molar-refractivity contribution is -0.132. The van der Waals surface area contributed by atoms with Gasteiger partial charge < -0.3 is 19.5 Å². The molecular weight excluding hydrogens is 477 g/mol. The third-order valence-electron chi connectivity index (χ3n) is 5.73. The predicted molar refractivity (Wildman–Crippen MR) is 130 cm³/mol. The van der Waals surface area contributed by atoms with Gasteiger partial charge in [0.2, 0.25) is 5.91 Å². The fourth-order valence-corrected chi connectivity index (χ4v) is 4.79. The average molecular weight is 500 g/mol. The highest BCUT2D eigenvalue weighted by Crippen LogP contribution is 2.35. The summed E-state index contributed by atoms with van der Waals surface area (Å²) in [5, 5.41) is 9.28. The number of nitrogens with one attached hydrogen (secondary N) is 2. The first kappa shape index (κ1) is 22.6. The van der Waals surface area contributed by atoms with Gasteiger partial charge in [-0.3, -0.25) is 14.9 Å². The fourth-order valence-electron chi connectivity index (χ4n) is 4.11. The van der Waals surface area contributed by atoms with E-state index in [-0.39, 0.29) is 12.0 Å². The standard InChI is InChI=1S/C23H23Cl2N7O2/c1-12(21-15(24)7-26-8-16(21)25)34-13-4-5-17-14(6-13)22(30-29-17)23-27-18-9-32(10-19(18)28-23)20(33)11-31(2)3/h4-8,12H,9-11H2,1-3H3,(H,27,28)(H,29,30). The second kappa shape index (κ2) is 8.90. The van der Waals surface area contributed by atoms with Crippen LogP contribution in [0, 0.1) is 0 Å². The van der Waals surface area contributed by atoms with Crippen LogP contribution in [0.5, 0.6) is 5.75 Å². The highest BCUT2D eigenvalue weighted by Gasteiger charge is 2.28. The quantitative estimate of drug-likeness (QED) is 0.412. The number of aromatic amines is 2. The number of rotatable bonds is 6. The van der Waals surface area contributed by atoms with Crippen LogP contribution in [0.4, 0.5) is 0 Å². The number of imidazole rings is 1. The van der Waals surface area contributed by atoms with Crippen LogP contribution in [0.25, 0.3) is 22.4 Å². The number of carbonyl (C=O) groups excluding carboxylic acids is 1. The van der Waals surface area contributed by atoms with Crippen LogP contribution in [0.1, 0.15) is 30.0 Å². The molecule has 4 aromatic rings. The molecule has 2 N–H and O–H groups in total. The Morgan fingerprint density at radius 2 is 2.00 bits per heavy atom. The summed E-state index contributed by atoms with van der Waals surface area (Å²) in [6.45, 7) is 3.25. The Morgan fingerprint density at radius 1 is 1.24 bits per heavy atom. The van der Waals surface area contributed by atoms with E-state index in [0.29, 0.717) is 52.5 Å². The SMILES string of the molecule is CC(Oc1ccc2[nH]nc(-c3nc4c([nH]3)CN(C(=O)CN(C)C)C4)c2c1)c1c(Cl)cncc1Cl. The number of hydrogen-bond donors (Lipinski definition) is 2. The van der Waals surface area contributed by atoms with Gasteiger partial charge in [0.15, 0.2) is 5.82 Å². The van der Waals surface area contributed by atoms with Gasteiger partial charge in [-0.2, -0.15) is 5.10 Å². The minimum absolute atomic E-state index is 0.0773. The Kier molecular flexibility index (Phi) is 5.93. The topological polar surface area (TPSA) is 103 Å². The van der Waals surface area contributed by atoms with Crippen molar-refractivity contribution in [3.8, 4) is 17.3 Å². The van der Waals surface area contributed by atoms with Gasteiger partial charge in [-0.15, -0.1) is 0 Å². The first-order chi connectivity index (χ1) is 16.3. The largest absolute Gasteiger partial charge is 0.486 e. The third-order valence-corrected chi connectivity index (χ3v) is 6.33. The molecule has 1 aliphatic heterocycles. The maximum atomic E-state index is 12.4. The van der Waals surface area contributed by atoms with E-state index in [1.165, 1.54) is 0 Å². The molecule has 4 heterocycles. The highest BCUT2D eigenvalue weighted by atomic mass is 35.5. The summed E-state index contributed by atoms with van der Waals surface area (Å²) >= 11 is 12.6. The number of likely N-dealkylation sites (N-methyl/N-ethyl adjacent to an activating group) is 1. The molecule has 0 spiro atoms. The molecule has 0 aliphatic carbocycles. The molecule has 3 aromatic heterocycles. The summed E-state index contributed by atoms with van der Waals surface area (Å²) in [5.74, 6) is 1.38. The van der Waals surface area contributed by atoms with Crippen molar-refractivity contribution in [1.82, 2.24) is 34.9 Å². The zero-order valence-electron chi connectivity index (χ0n) is 18.9. The van der Waals surface area contributed by atoms with E-state index >= 15 is 0 Å². The summed E-state index contributed by atoms with van der Waals surface area (Å²) in [7, 11) is 3.76. The Morgan fingerprint density at radius 3 is 2.71 bits per heavy atom. The number of fused-ring (bicyclic) bond motifs is 2. The zero-order valence-corrected chi connectivity index (χ0v) is 20.4. The normalized spacial score (nSPS) is 14.1. The van der Waals surface area contributed by atoms with Gasteiger partial charge in [-0.05, 0) is 39.2 Å². The van der Waals surface area contributed by atoms with Crippen LogP contribution in [0.2, 0.25) is 10.0 Å². The number of hydrogen-bond acceptors (Lipinski definition) is 6. The number of H-pyrrole nitrogens is 2. The lowest BCUT2D eigenvalue weighted by Gasteiger charge is -2.18. The molecule has 9 nitrogen and oxygen atoms in total. The summed E-state index contributed by atoms with van der Waals surface area (Å²) in [6.07, 6.45) is 2.71. The van der Waals surface area contributed by atoms with Gasteiger partial charge in [-0.25, -0.2) is 4.98 Å². The van der Waals surface area contributed by atoms with Gasteiger partial charge in [0, 0.05) is 23.3 Å². The van der Waals surface area contributed by atoms with Gasteiger partial charge >= 0.3 is 0 Å². The molecular formula is C23H23Cl2N7O2. The third kappa shape index (κ3) is 4.22. The van der Waals surface area contributed by atoms with Crippen molar-refractivity contribution < 1.29 is 9.53 Å². The highest BCUT2D eigenvalue weighted by molar-refractivity contribution is 6.35. The molecule has 1 amide bonds. The molecule has 0 fully saturated rings. The van der Waals surface area contributed by atoms with E-state index in [1.807, 2.05) is 44.1 Å². The number of halogens is 2. The van der Waals surface area contributed by atoms with Gasteiger partial charge in [0.1, 0.15) is 17.5 Å². The molecule has 176 valence electrons.